The van der Waals surface area contributed by atoms with Crippen molar-refractivity contribution in [1.29, 1.82) is 0 Å². The Morgan fingerprint density at radius 2 is 2.33 bits per heavy atom. The lowest BCUT2D eigenvalue weighted by atomic mass is 10.6. The van der Waals surface area contributed by atoms with Crippen LogP contribution in [0, 0.1) is 0 Å². The molecule has 0 atom stereocenters. The van der Waals surface area contributed by atoms with Crippen LogP contribution in [0.3, 0.4) is 0 Å². The highest BCUT2D eigenvalue weighted by Gasteiger charge is 2.02. The molecule has 0 aliphatic rings. The van der Waals surface area contributed by atoms with Gasteiger partial charge in [0.15, 0.2) is 0 Å². The first kappa shape index (κ1) is 8.91. The standard InChI is InChI=1S/C5H8O2S2/c1-2-7-5(6)4(9)3-8/h3,8-9H,2H2,1H3/b4-3-. The highest BCUT2D eigenvalue weighted by atomic mass is 32.1. The van der Waals surface area contributed by atoms with Crippen molar-refractivity contribution in [1.82, 2.24) is 0 Å². The summed E-state index contributed by atoms with van der Waals surface area (Å²) in [4.78, 5) is 10.8. The molecular weight excluding hydrogens is 156 g/mol. The minimum atomic E-state index is -0.434. The molecule has 52 valence electrons. The quantitative estimate of drug-likeness (QED) is 0.365. The highest BCUT2D eigenvalue weighted by molar-refractivity contribution is 7.88. The molecule has 2 nitrogen and oxygen atoms in total. The van der Waals surface area contributed by atoms with Crippen molar-refractivity contribution in [2.24, 2.45) is 0 Å². The summed E-state index contributed by atoms with van der Waals surface area (Å²) in [5.41, 5.74) is 0. The van der Waals surface area contributed by atoms with E-state index < -0.39 is 5.97 Å². The molecule has 0 unspecified atom stereocenters. The number of carbonyl (C=O) groups excluding carboxylic acids is 1. The SMILES string of the molecule is CCOC(=O)/C(S)=C/S. The molecule has 9 heavy (non-hydrogen) atoms. The van der Waals surface area contributed by atoms with Crippen LogP contribution in [0.1, 0.15) is 6.92 Å². The number of thiol groups is 2. The fraction of sp³-hybridized carbons (Fsp3) is 0.400. The summed E-state index contributed by atoms with van der Waals surface area (Å²) in [5, 5.41) is 1.29. The van der Waals surface area contributed by atoms with E-state index in [1.165, 1.54) is 5.41 Å². The molecule has 0 spiro atoms. The van der Waals surface area contributed by atoms with E-state index in [9.17, 15) is 4.79 Å². The molecule has 0 aromatic carbocycles. The molecule has 0 aromatic rings. The van der Waals surface area contributed by atoms with Gasteiger partial charge in [-0.3, -0.25) is 0 Å². The summed E-state index contributed by atoms with van der Waals surface area (Å²) in [6.45, 7) is 2.10. The third-order valence-corrected chi connectivity index (χ3v) is 1.38. The van der Waals surface area contributed by atoms with Crippen molar-refractivity contribution in [3.8, 4) is 0 Å². The maximum absolute atomic E-state index is 10.6. The fourth-order valence-corrected chi connectivity index (χ4v) is 0.428. The number of hydrogen-bond donors (Lipinski definition) is 2. The summed E-state index contributed by atoms with van der Waals surface area (Å²) in [6.07, 6.45) is 0. The Kier molecular flexibility index (Phi) is 4.71. The molecule has 0 heterocycles. The molecule has 0 amide bonds. The zero-order valence-electron chi connectivity index (χ0n) is 5.00. The van der Waals surface area contributed by atoms with Gasteiger partial charge in [-0.2, -0.15) is 0 Å². The van der Waals surface area contributed by atoms with Gasteiger partial charge in [0.25, 0.3) is 0 Å². The number of ether oxygens (including phenoxy) is 1. The summed E-state index contributed by atoms with van der Waals surface area (Å²) in [7, 11) is 0. The summed E-state index contributed by atoms with van der Waals surface area (Å²) in [5.74, 6) is -0.434. The van der Waals surface area contributed by atoms with Crippen molar-refractivity contribution >= 4 is 31.2 Å². The van der Waals surface area contributed by atoms with Gasteiger partial charge in [-0.1, -0.05) is 0 Å². The number of rotatable bonds is 2. The Labute approximate surface area is 65.1 Å². The van der Waals surface area contributed by atoms with Gasteiger partial charge in [0.1, 0.15) is 0 Å². The van der Waals surface area contributed by atoms with Gasteiger partial charge in [-0.25, -0.2) is 4.79 Å². The van der Waals surface area contributed by atoms with Gasteiger partial charge in [-0.05, 0) is 12.3 Å². The normalized spacial score (nSPS) is 11.2. The van der Waals surface area contributed by atoms with E-state index in [1.54, 1.807) is 6.92 Å². The second kappa shape index (κ2) is 4.76. The van der Waals surface area contributed by atoms with Gasteiger partial charge >= 0.3 is 5.97 Å². The number of esters is 1. The molecule has 0 aliphatic carbocycles. The molecule has 0 aliphatic heterocycles. The topological polar surface area (TPSA) is 26.3 Å². The molecule has 0 N–H and O–H groups in total. The van der Waals surface area contributed by atoms with Crippen LogP contribution in [0.5, 0.6) is 0 Å². The first-order valence-electron chi connectivity index (χ1n) is 2.42. The Hall–Kier alpha value is -0.0900. The monoisotopic (exact) mass is 164 g/mol. The Morgan fingerprint density at radius 3 is 2.67 bits per heavy atom. The third-order valence-electron chi connectivity index (χ3n) is 0.607. The second-order valence-corrected chi connectivity index (χ2v) is 1.97. The summed E-state index contributed by atoms with van der Waals surface area (Å²) < 4.78 is 4.56. The van der Waals surface area contributed by atoms with Crippen LogP contribution in [-0.4, -0.2) is 12.6 Å². The lowest BCUT2D eigenvalue weighted by molar-refractivity contribution is -0.137. The predicted octanol–water partition coefficient (Wildman–Crippen LogP) is 1.25. The van der Waals surface area contributed by atoms with E-state index in [-0.39, 0.29) is 4.91 Å². The average molecular weight is 164 g/mol. The van der Waals surface area contributed by atoms with Crippen molar-refractivity contribution < 1.29 is 9.53 Å². The van der Waals surface area contributed by atoms with Gasteiger partial charge in [0.2, 0.25) is 0 Å². The van der Waals surface area contributed by atoms with E-state index in [0.717, 1.165) is 0 Å². The summed E-state index contributed by atoms with van der Waals surface area (Å²) >= 11 is 7.48. The van der Waals surface area contributed by atoms with Crippen LogP contribution < -0.4 is 0 Å². The van der Waals surface area contributed by atoms with Gasteiger partial charge in [-0.15, -0.1) is 25.3 Å². The highest BCUT2D eigenvalue weighted by Crippen LogP contribution is 2.03. The van der Waals surface area contributed by atoms with E-state index >= 15 is 0 Å². The van der Waals surface area contributed by atoms with Crippen LogP contribution in [-0.2, 0) is 9.53 Å². The molecule has 0 saturated carbocycles. The fourth-order valence-electron chi connectivity index (χ4n) is 0.258. The Morgan fingerprint density at radius 1 is 1.78 bits per heavy atom. The van der Waals surface area contributed by atoms with Gasteiger partial charge in [0, 0.05) is 0 Å². The molecule has 0 rings (SSSR count). The third kappa shape index (κ3) is 3.48. The van der Waals surface area contributed by atoms with E-state index in [0.29, 0.717) is 6.61 Å². The maximum atomic E-state index is 10.6. The minimum absolute atomic E-state index is 0.222. The average Bonchev–Trinajstić information content (AvgIpc) is 1.87. The zero-order valence-corrected chi connectivity index (χ0v) is 6.78. The largest absolute Gasteiger partial charge is 0.462 e. The number of carbonyl (C=O) groups is 1. The second-order valence-electron chi connectivity index (χ2n) is 1.23. The van der Waals surface area contributed by atoms with E-state index in [1.807, 2.05) is 0 Å². The lowest BCUT2D eigenvalue weighted by Gasteiger charge is -1.97. The molecule has 0 fully saturated rings. The van der Waals surface area contributed by atoms with Crippen molar-refractivity contribution in [3.63, 3.8) is 0 Å². The zero-order chi connectivity index (χ0) is 7.28. The molecule has 0 aromatic heterocycles. The van der Waals surface area contributed by atoms with Gasteiger partial charge in [0.05, 0.1) is 11.5 Å². The molecule has 4 heteroatoms. The number of hydrogen-bond acceptors (Lipinski definition) is 4. The molecule has 0 bridgehead atoms. The molecule has 0 saturated heterocycles. The summed E-state index contributed by atoms with van der Waals surface area (Å²) in [6, 6.07) is 0. The van der Waals surface area contributed by atoms with Crippen LogP contribution in [0.2, 0.25) is 0 Å². The van der Waals surface area contributed by atoms with Crippen molar-refractivity contribution in [2.45, 2.75) is 6.92 Å². The molecular formula is C5H8O2S2. The van der Waals surface area contributed by atoms with Crippen LogP contribution in [0.25, 0.3) is 0 Å². The van der Waals surface area contributed by atoms with Crippen LogP contribution >= 0.6 is 25.3 Å². The smallest absolute Gasteiger partial charge is 0.344 e. The van der Waals surface area contributed by atoms with Crippen LogP contribution in [0.4, 0.5) is 0 Å². The van der Waals surface area contributed by atoms with Crippen LogP contribution in [0.15, 0.2) is 10.3 Å². The maximum Gasteiger partial charge on any atom is 0.344 e. The van der Waals surface area contributed by atoms with Gasteiger partial charge < -0.3 is 4.74 Å². The van der Waals surface area contributed by atoms with Crippen molar-refractivity contribution in [3.05, 3.63) is 10.3 Å². The lowest BCUT2D eigenvalue weighted by Crippen LogP contribution is -2.02. The Balaban J connectivity index is 3.74. The predicted molar refractivity (Wildman–Crippen MR) is 42.7 cm³/mol. The van der Waals surface area contributed by atoms with E-state index in [4.69, 9.17) is 0 Å². The van der Waals surface area contributed by atoms with Crippen molar-refractivity contribution in [2.75, 3.05) is 6.61 Å². The Bertz CT molecular complexity index is 131. The first-order valence-corrected chi connectivity index (χ1v) is 3.39. The minimum Gasteiger partial charge on any atom is -0.462 e. The first-order chi connectivity index (χ1) is 4.22. The van der Waals surface area contributed by atoms with E-state index in [2.05, 4.69) is 30.0 Å². The molecule has 0 radical (unpaired) electrons.